The van der Waals surface area contributed by atoms with E-state index in [9.17, 15) is 8.60 Å². The van der Waals surface area contributed by atoms with Crippen molar-refractivity contribution in [3.8, 4) is 0 Å². The number of nitrogens with one attached hydrogen (secondary N) is 1. The molecule has 20 heavy (non-hydrogen) atoms. The van der Waals surface area contributed by atoms with Gasteiger partial charge in [-0.15, -0.1) is 0 Å². The van der Waals surface area contributed by atoms with Crippen LogP contribution in [0.15, 0.2) is 36.4 Å². The van der Waals surface area contributed by atoms with Crippen molar-refractivity contribution in [2.45, 2.75) is 38.5 Å². The molecule has 2 rings (SSSR count). The van der Waals surface area contributed by atoms with Gasteiger partial charge in [0.15, 0.2) is 0 Å². The maximum absolute atomic E-state index is 14.2. The zero-order chi connectivity index (χ0) is 14.9. The molecule has 1 N–H and O–H groups in total. The van der Waals surface area contributed by atoms with Crippen LogP contribution in [0.2, 0.25) is 0 Å². The SMILES string of the molecule is C[C@H](N[S@](=O)C(C)(C)C)c1cc2ccccc2cc1F. The lowest BCUT2D eigenvalue weighted by molar-refractivity contribution is 0.573. The van der Waals surface area contributed by atoms with Crippen LogP contribution in [0.1, 0.15) is 39.3 Å². The number of halogens is 1. The molecule has 2 atom stereocenters. The molecule has 2 aromatic rings. The standard InChI is InChI=1S/C16H20FNOS/c1-11(18-20(19)16(2,3)4)14-9-12-7-5-6-8-13(12)10-15(14)17/h5-11,18H,1-4H3/t11-,20+/m0/s1. The minimum atomic E-state index is -1.23. The minimum Gasteiger partial charge on any atom is -0.242 e. The van der Waals surface area contributed by atoms with Crippen LogP contribution in [0.4, 0.5) is 4.39 Å². The summed E-state index contributed by atoms with van der Waals surface area (Å²) >= 11 is 0. The number of fused-ring (bicyclic) bond motifs is 1. The molecule has 0 saturated heterocycles. The average Bonchev–Trinajstić information content (AvgIpc) is 2.36. The highest BCUT2D eigenvalue weighted by molar-refractivity contribution is 7.84. The summed E-state index contributed by atoms with van der Waals surface area (Å²) in [5.41, 5.74) is 0.543. The van der Waals surface area contributed by atoms with E-state index in [1.807, 2.05) is 58.0 Å². The van der Waals surface area contributed by atoms with Crippen LogP contribution < -0.4 is 4.72 Å². The fourth-order valence-corrected chi connectivity index (χ4v) is 2.76. The second-order valence-electron chi connectivity index (χ2n) is 5.94. The Morgan fingerprint density at radius 1 is 1.15 bits per heavy atom. The lowest BCUT2D eigenvalue weighted by Gasteiger charge is -2.22. The topological polar surface area (TPSA) is 29.1 Å². The Hall–Kier alpha value is -1.26. The molecule has 0 amide bonds. The van der Waals surface area contributed by atoms with Crippen molar-refractivity contribution in [2.24, 2.45) is 0 Å². The van der Waals surface area contributed by atoms with Gasteiger partial charge in [-0.1, -0.05) is 24.3 Å². The summed E-state index contributed by atoms with van der Waals surface area (Å²) in [5.74, 6) is -0.269. The Bertz CT molecular complexity index is 648. The van der Waals surface area contributed by atoms with E-state index in [0.29, 0.717) is 5.56 Å². The zero-order valence-electron chi connectivity index (χ0n) is 12.2. The molecule has 0 aromatic heterocycles. The van der Waals surface area contributed by atoms with Gasteiger partial charge >= 0.3 is 0 Å². The lowest BCUT2D eigenvalue weighted by Crippen LogP contribution is -2.35. The molecule has 0 fully saturated rings. The lowest BCUT2D eigenvalue weighted by atomic mass is 10.0. The number of rotatable bonds is 3. The highest BCUT2D eigenvalue weighted by atomic mass is 32.2. The first-order valence-electron chi connectivity index (χ1n) is 6.65. The molecule has 4 heteroatoms. The second-order valence-corrected chi connectivity index (χ2v) is 7.94. The Morgan fingerprint density at radius 2 is 1.70 bits per heavy atom. The van der Waals surface area contributed by atoms with Gasteiger partial charge in [-0.25, -0.2) is 13.3 Å². The molecular weight excluding hydrogens is 273 g/mol. The number of hydrogen-bond acceptors (Lipinski definition) is 1. The molecule has 108 valence electrons. The van der Waals surface area contributed by atoms with Gasteiger partial charge in [-0.05, 0) is 50.6 Å². The van der Waals surface area contributed by atoms with E-state index < -0.39 is 11.0 Å². The minimum absolute atomic E-state index is 0.269. The molecular formula is C16H20FNOS. The molecule has 0 spiro atoms. The smallest absolute Gasteiger partial charge is 0.128 e. The predicted octanol–water partition coefficient (Wildman–Crippen LogP) is 4.09. The second kappa shape index (κ2) is 5.62. The average molecular weight is 293 g/mol. The van der Waals surface area contributed by atoms with E-state index in [1.54, 1.807) is 0 Å². The molecule has 0 aliphatic rings. The summed E-state index contributed by atoms with van der Waals surface area (Å²) in [7, 11) is -1.23. The molecule has 0 heterocycles. The van der Waals surface area contributed by atoms with Crippen LogP contribution in [0.25, 0.3) is 10.8 Å². The van der Waals surface area contributed by atoms with E-state index in [1.165, 1.54) is 6.07 Å². The predicted molar refractivity (Wildman–Crippen MR) is 83.4 cm³/mol. The molecule has 0 unspecified atom stereocenters. The highest BCUT2D eigenvalue weighted by Gasteiger charge is 2.23. The summed E-state index contributed by atoms with van der Waals surface area (Å²) in [6.45, 7) is 7.50. The number of benzene rings is 2. The third-order valence-corrected chi connectivity index (χ3v) is 4.85. The van der Waals surface area contributed by atoms with Gasteiger partial charge in [0.1, 0.15) is 5.82 Å². The summed E-state index contributed by atoms with van der Waals surface area (Å²) in [6, 6.07) is 10.7. The highest BCUT2D eigenvalue weighted by Crippen LogP contribution is 2.25. The molecule has 0 aliphatic carbocycles. The first kappa shape index (κ1) is 15.1. The maximum atomic E-state index is 14.2. The van der Waals surface area contributed by atoms with Gasteiger partial charge in [0, 0.05) is 11.6 Å². The van der Waals surface area contributed by atoms with Crippen LogP contribution >= 0.6 is 0 Å². The van der Waals surface area contributed by atoms with E-state index in [0.717, 1.165) is 10.8 Å². The van der Waals surface area contributed by atoms with Crippen molar-refractivity contribution in [1.82, 2.24) is 4.72 Å². The molecule has 0 aliphatic heterocycles. The quantitative estimate of drug-likeness (QED) is 0.907. The number of hydrogen-bond donors (Lipinski definition) is 1. The van der Waals surface area contributed by atoms with Crippen LogP contribution in [-0.4, -0.2) is 8.96 Å². The normalized spacial score (nSPS) is 15.2. The Balaban J connectivity index is 2.32. The van der Waals surface area contributed by atoms with Gasteiger partial charge in [0.2, 0.25) is 0 Å². The van der Waals surface area contributed by atoms with Crippen LogP contribution in [0.5, 0.6) is 0 Å². The fourth-order valence-electron chi connectivity index (χ4n) is 1.96. The van der Waals surface area contributed by atoms with Gasteiger partial charge < -0.3 is 0 Å². The first-order valence-corrected chi connectivity index (χ1v) is 7.80. The van der Waals surface area contributed by atoms with Crippen molar-refractivity contribution in [3.05, 3.63) is 47.8 Å². The van der Waals surface area contributed by atoms with Gasteiger partial charge in [-0.3, -0.25) is 0 Å². The van der Waals surface area contributed by atoms with E-state index in [-0.39, 0.29) is 16.6 Å². The third-order valence-electron chi connectivity index (χ3n) is 3.17. The summed E-state index contributed by atoms with van der Waals surface area (Å²) < 4.78 is 28.9. The van der Waals surface area contributed by atoms with Crippen molar-refractivity contribution in [3.63, 3.8) is 0 Å². The fraction of sp³-hybridized carbons (Fsp3) is 0.375. The van der Waals surface area contributed by atoms with Crippen LogP contribution in [-0.2, 0) is 11.0 Å². The van der Waals surface area contributed by atoms with Crippen LogP contribution in [0.3, 0.4) is 0 Å². The summed E-state index contributed by atoms with van der Waals surface area (Å²) in [5, 5.41) is 1.86. The van der Waals surface area contributed by atoms with Gasteiger partial charge in [-0.2, -0.15) is 0 Å². The maximum Gasteiger partial charge on any atom is 0.128 e. The van der Waals surface area contributed by atoms with Crippen molar-refractivity contribution < 1.29 is 8.60 Å². The van der Waals surface area contributed by atoms with Crippen molar-refractivity contribution >= 4 is 21.8 Å². The zero-order valence-corrected chi connectivity index (χ0v) is 13.1. The summed E-state index contributed by atoms with van der Waals surface area (Å²) in [4.78, 5) is 0. The largest absolute Gasteiger partial charge is 0.242 e. The van der Waals surface area contributed by atoms with E-state index >= 15 is 0 Å². The molecule has 0 radical (unpaired) electrons. The van der Waals surface area contributed by atoms with Gasteiger partial charge in [0.25, 0.3) is 0 Å². The third kappa shape index (κ3) is 3.25. The van der Waals surface area contributed by atoms with Crippen molar-refractivity contribution in [2.75, 3.05) is 0 Å². The van der Waals surface area contributed by atoms with E-state index in [2.05, 4.69) is 4.72 Å². The molecule has 2 aromatic carbocycles. The van der Waals surface area contributed by atoms with E-state index in [4.69, 9.17) is 0 Å². The molecule has 2 nitrogen and oxygen atoms in total. The van der Waals surface area contributed by atoms with Crippen molar-refractivity contribution in [1.29, 1.82) is 0 Å². The van der Waals surface area contributed by atoms with Gasteiger partial charge in [0.05, 0.1) is 15.7 Å². The Morgan fingerprint density at radius 3 is 2.25 bits per heavy atom. The Kier molecular flexibility index (Phi) is 4.25. The first-order chi connectivity index (χ1) is 9.29. The summed E-state index contributed by atoms with van der Waals surface area (Å²) in [6.07, 6.45) is 0. The van der Waals surface area contributed by atoms with Crippen LogP contribution in [0, 0.1) is 5.82 Å². The monoisotopic (exact) mass is 293 g/mol. The Labute approximate surface area is 122 Å². The molecule has 0 bridgehead atoms. The molecule has 0 saturated carbocycles.